The fraction of sp³-hybridized carbons (Fsp3) is 0.435. The molecule has 5 heteroatoms. The molecule has 7 rings (SSSR count). The van der Waals surface area contributed by atoms with Crippen LogP contribution in [-0.4, -0.2) is 20.9 Å². The van der Waals surface area contributed by atoms with Gasteiger partial charge in [0.15, 0.2) is 0 Å². The number of fused-ring (bicyclic) bond motifs is 1. The number of amides is 1. The zero-order chi connectivity index (χ0) is 18.7. The molecule has 0 radical (unpaired) electrons. The number of aromatic amines is 1. The Bertz CT molecular complexity index is 984. The molecule has 0 spiro atoms. The molecule has 5 nitrogen and oxygen atoms in total. The summed E-state index contributed by atoms with van der Waals surface area (Å²) in [5.41, 5.74) is 3.60. The molecule has 28 heavy (non-hydrogen) atoms. The van der Waals surface area contributed by atoms with E-state index in [1.165, 1.54) is 19.3 Å². The Morgan fingerprint density at radius 1 is 1.00 bits per heavy atom. The summed E-state index contributed by atoms with van der Waals surface area (Å²) < 4.78 is 0. The Labute approximate surface area is 164 Å². The number of imidazole rings is 1. The molecule has 142 valence electrons. The standard InChI is InChI=1S/C23H24N4O/c28-22(23-10-14-7-15(11-23)9-16(8-14)12-23)25-18-3-1-17(2-4-18)21-26-19-5-6-24-13-20(19)27-21/h1-6,13-16H,7-12H2,(H,25,28)(H,26,27). The molecule has 2 aromatic heterocycles. The number of nitrogens with one attached hydrogen (secondary N) is 2. The highest BCUT2D eigenvalue weighted by molar-refractivity contribution is 5.96. The van der Waals surface area contributed by atoms with Crippen LogP contribution in [0.2, 0.25) is 0 Å². The van der Waals surface area contributed by atoms with Crippen molar-refractivity contribution in [3.63, 3.8) is 0 Å². The first kappa shape index (κ1) is 16.3. The summed E-state index contributed by atoms with van der Waals surface area (Å²) >= 11 is 0. The van der Waals surface area contributed by atoms with Crippen molar-refractivity contribution in [1.29, 1.82) is 0 Å². The van der Waals surface area contributed by atoms with Gasteiger partial charge in [-0.2, -0.15) is 0 Å². The van der Waals surface area contributed by atoms with Gasteiger partial charge in [0.05, 0.1) is 22.6 Å². The lowest BCUT2D eigenvalue weighted by Gasteiger charge is -2.55. The minimum atomic E-state index is -0.112. The second-order valence-electron chi connectivity index (χ2n) is 9.21. The number of carbonyl (C=O) groups excluding carboxylic acids is 1. The number of benzene rings is 1. The maximum absolute atomic E-state index is 13.2. The molecule has 0 atom stereocenters. The highest BCUT2D eigenvalue weighted by Gasteiger charge is 2.54. The van der Waals surface area contributed by atoms with Gasteiger partial charge < -0.3 is 10.3 Å². The van der Waals surface area contributed by atoms with Crippen LogP contribution < -0.4 is 5.32 Å². The molecule has 2 heterocycles. The maximum atomic E-state index is 13.2. The minimum Gasteiger partial charge on any atom is -0.337 e. The van der Waals surface area contributed by atoms with Crippen molar-refractivity contribution in [2.24, 2.45) is 23.2 Å². The Morgan fingerprint density at radius 2 is 1.68 bits per heavy atom. The minimum absolute atomic E-state index is 0.112. The van der Waals surface area contributed by atoms with E-state index in [1.54, 1.807) is 12.4 Å². The molecule has 3 aromatic rings. The number of hydrogen-bond acceptors (Lipinski definition) is 3. The summed E-state index contributed by atoms with van der Waals surface area (Å²) in [7, 11) is 0. The van der Waals surface area contributed by atoms with Gasteiger partial charge >= 0.3 is 0 Å². The van der Waals surface area contributed by atoms with Crippen LogP contribution in [0, 0.1) is 23.2 Å². The second-order valence-corrected chi connectivity index (χ2v) is 9.21. The summed E-state index contributed by atoms with van der Waals surface area (Å²) in [6.07, 6.45) is 10.9. The summed E-state index contributed by atoms with van der Waals surface area (Å²) in [5.74, 6) is 3.40. The Kier molecular flexibility index (Phi) is 3.43. The molecule has 4 bridgehead atoms. The van der Waals surface area contributed by atoms with Crippen molar-refractivity contribution in [3.05, 3.63) is 42.7 Å². The summed E-state index contributed by atoms with van der Waals surface area (Å²) in [6, 6.07) is 9.90. The van der Waals surface area contributed by atoms with E-state index < -0.39 is 0 Å². The van der Waals surface area contributed by atoms with Gasteiger partial charge in [-0.1, -0.05) is 0 Å². The van der Waals surface area contributed by atoms with Crippen LogP contribution in [0.5, 0.6) is 0 Å². The van der Waals surface area contributed by atoms with Crippen molar-refractivity contribution in [2.75, 3.05) is 5.32 Å². The van der Waals surface area contributed by atoms with Gasteiger partial charge in [-0.3, -0.25) is 9.78 Å². The predicted molar refractivity (Wildman–Crippen MR) is 109 cm³/mol. The lowest BCUT2D eigenvalue weighted by Crippen LogP contribution is -2.51. The summed E-state index contributed by atoms with van der Waals surface area (Å²) in [4.78, 5) is 25.2. The molecule has 4 saturated carbocycles. The van der Waals surface area contributed by atoms with E-state index in [4.69, 9.17) is 0 Å². The third-order valence-corrected chi connectivity index (χ3v) is 7.22. The number of rotatable bonds is 3. The zero-order valence-electron chi connectivity index (χ0n) is 15.8. The van der Waals surface area contributed by atoms with E-state index in [-0.39, 0.29) is 11.3 Å². The SMILES string of the molecule is O=C(Nc1ccc(-c2nc3ccncc3[nH]2)cc1)C12CC3CC(CC(C3)C1)C2. The molecule has 0 saturated heterocycles. The molecule has 2 N–H and O–H groups in total. The van der Waals surface area contributed by atoms with Crippen molar-refractivity contribution in [2.45, 2.75) is 38.5 Å². The molecule has 4 aliphatic carbocycles. The first-order valence-electron chi connectivity index (χ1n) is 10.4. The molecular formula is C23H24N4O. The van der Waals surface area contributed by atoms with Crippen molar-refractivity contribution < 1.29 is 4.79 Å². The Morgan fingerprint density at radius 3 is 2.32 bits per heavy atom. The molecule has 1 aromatic carbocycles. The fourth-order valence-electron chi connectivity index (χ4n) is 6.36. The molecule has 0 aliphatic heterocycles. The lowest BCUT2D eigenvalue weighted by atomic mass is 9.49. The average Bonchev–Trinajstić information content (AvgIpc) is 3.12. The number of carbonyl (C=O) groups is 1. The van der Waals surface area contributed by atoms with Gasteiger partial charge in [0.1, 0.15) is 5.82 Å². The number of pyridine rings is 1. The first-order valence-corrected chi connectivity index (χ1v) is 10.4. The Hall–Kier alpha value is -2.69. The number of hydrogen-bond donors (Lipinski definition) is 2. The smallest absolute Gasteiger partial charge is 0.230 e. The largest absolute Gasteiger partial charge is 0.337 e. The molecular weight excluding hydrogens is 348 g/mol. The van der Waals surface area contributed by atoms with Gasteiger partial charge in [0, 0.05) is 17.4 Å². The molecule has 4 fully saturated rings. The van der Waals surface area contributed by atoms with Crippen LogP contribution in [0.25, 0.3) is 22.4 Å². The number of anilines is 1. The fourth-order valence-corrected chi connectivity index (χ4v) is 6.36. The number of aromatic nitrogens is 3. The van der Waals surface area contributed by atoms with E-state index in [9.17, 15) is 4.79 Å². The van der Waals surface area contributed by atoms with Gasteiger partial charge in [0.25, 0.3) is 0 Å². The van der Waals surface area contributed by atoms with Gasteiger partial charge in [-0.05, 0) is 86.6 Å². The van der Waals surface area contributed by atoms with Crippen LogP contribution in [0.4, 0.5) is 5.69 Å². The van der Waals surface area contributed by atoms with Crippen LogP contribution in [0.3, 0.4) is 0 Å². The average molecular weight is 372 g/mol. The van der Waals surface area contributed by atoms with E-state index in [0.717, 1.165) is 65.1 Å². The van der Waals surface area contributed by atoms with E-state index in [1.807, 2.05) is 30.3 Å². The summed E-state index contributed by atoms with van der Waals surface area (Å²) in [5, 5.41) is 3.22. The number of nitrogens with zero attached hydrogens (tertiary/aromatic N) is 2. The van der Waals surface area contributed by atoms with Crippen LogP contribution in [0.1, 0.15) is 38.5 Å². The summed E-state index contributed by atoms with van der Waals surface area (Å²) in [6.45, 7) is 0. The van der Waals surface area contributed by atoms with E-state index in [0.29, 0.717) is 0 Å². The normalized spacial score (nSPS) is 30.6. The molecule has 4 aliphatic rings. The zero-order valence-corrected chi connectivity index (χ0v) is 15.8. The van der Waals surface area contributed by atoms with Gasteiger partial charge in [-0.25, -0.2) is 4.98 Å². The van der Waals surface area contributed by atoms with E-state index >= 15 is 0 Å². The molecule has 0 unspecified atom stereocenters. The van der Waals surface area contributed by atoms with Gasteiger partial charge in [-0.15, -0.1) is 0 Å². The predicted octanol–water partition coefficient (Wildman–Crippen LogP) is 4.78. The number of H-pyrrole nitrogens is 1. The Balaban J connectivity index is 1.21. The van der Waals surface area contributed by atoms with Gasteiger partial charge in [0.2, 0.25) is 5.91 Å². The quantitative estimate of drug-likeness (QED) is 0.695. The van der Waals surface area contributed by atoms with Crippen molar-refractivity contribution in [3.8, 4) is 11.4 Å². The van der Waals surface area contributed by atoms with Crippen LogP contribution in [-0.2, 0) is 4.79 Å². The third kappa shape index (κ3) is 2.56. The van der Waals surface area contributed by atoms with Crippen molar-refractivity contribution >= 4 is 22.6 Å². The topological polar surface area (TPSA) is 70.7 Å². The highest BCUT2D eigenvalue weighted by atomic mass is 16.2. The van der Waals surface area contributed by atoms with Crippen LogP contribution >= 0.6 is 0 Å². The monoisotopic (exact) mass is 372 g/mol. The highest BCUT2D eigenvalue weighted by Crippen LogP contribution is 2.60. The van der Waals surface area contributed by atoms with Crippen molar-refractivity contribution in [1.82, 2.24) is 15.0 Å². The maximum Gasteiger partial charge on any atom is 0.230 e. The molecule has 1 amide bonds. The second kappa shape index (κ2) is 5.90. The lowest BCUT2D eigenvalue weighted by molar-refractivity contribution is -0.140. The first-order chi connectivity index (χ1) is 13.7. The third-order valence-electron chi connectivity index (χ3n) is 7.22. The van der Waals surface area contributed by atoms with E-state index in [2.05, 4.69) is 20.3 Å². The van der Waals surface area contributed by atoms with Crippen LogP contribution in [0.15, 0.2) is 42.7 Å².